The van der Waals surface area contributed by atoms with Gasteiger partial charge in [0.2, 0.25) is 0 Å². The molecule has 1 fully saturated rings. The standard InChI is InChI=1S/C19H22N4O2S/c1-25-19(24)18-7-5-16(26-18)12-23-8-2-3-15(11-23)21-14-4-6-17-13(9-14)10-20-22-17/h4-7,9-10,15,21H,2-3,8,11-12H2,1H3,(H,20,22). The van der Waals surface area contributed by atoms with E-state index in [0.29, 0.717) is 10.9 Å². The highest BCUT2D eigenvalue weighted by molar-refractivity contribution is 7.13. The number of aromatic nitrogens is 2. The molecule has 0 spiro atoms. The second-order valence-electron chi connectivity index (χ2n) is 6.65. The molecular weight excluding hydrogens is 348 g/mol. The summed E-state index contributed by atoms with van der Waals surface area (Å²) in [5.41, 5.74) is 2.19. The first-order chi connectivity index (χ1) is 12.7. The van der Waals surface area contributed by atoms with Crippen LogP contribution in [-0.4, -0.2) is 47.3 Å². The highest BCUT2D eigenvalue weighted by Gasteiger charge is 2.21. The molecular formula is C19H22N4O2S. The van der Waals surface area contributed by atoms with E-state index in [1.807, 2.05) is 18.3 Å². The van der Waals surface area contributed by atoms with E-state index in [4.69, 9.17) is 4.74 Å². The second kappa shape index (κ2) is 7.47. The summed E-state index contributed by atoms with van der Waals surface area (Å²) in [7, 11) is 1.42. The summed E-state index contributed by atoms with van der Waals surface area (Å²) < 4.78 is 4.79. The average molecular weight is 370 g/mol. The molecule has 3 aromatic rings. The largest absolute Gasteiger partial charge is 0.465 e. The van der Waals surface area contributed by atoms with E-state index in [2.05, 4.69) is 38.6 Å². The van der Waals surface area contributed by atoms with Crippen LogP contribution in [0.3, 0.4) is 0 Å². The Labute approximate surface area is 156 Å². The number of aromatic amines is 1. The van der Waals surface area contributed by atoms with Crippen LogP contribution in [-0.2, 0) is 11.3 Å². The third kappa shape index (κ3) is 3.73. The van der Waals surface area contributed by atoms with E-state index < -0.39 is 0 Å². The number of likely N-dealkylation sites (tertiary alicyclic amines) is 1. The molecule has 26 heavy (non-hydrogen) atoms. The summed E-state index contributed by atoms with van der Waals surface area (Å²) in [6, 6.07) is 10.6. The van der Waals surface area contributed by atoms with Gasteiger partial charge < -0.3 is 10.1 Å². The smallest absolute Gasteiger partial charge is 0.348 e. The van der Waals surface area contributed by atoms with Crippen LogP contribution in [0.2, 0.25) is 0 Å². The summed E-state index contributed by atoms with van der Waals surface area (Å²) in [6.45, 7) is 2.96. The molecule has 1 atom stereocenters. The number of thiophene rings is 1. The van der Waals surface area contributed by atoms with Gasteiger partial charge in [0.25, 0.3) is 0 Å². The first kappa shape index (κ1) is 17.1. The lowest BCUT2D eigenvalue weighted by atomic mass is 10.0. The molecule has 4 rings (SSSR count). The van der Waals surface area contributed by atoms with Crippen LogP contribution < -0.4 is 5.32 Å². The van der Waals surface area contributed by atoms with E-state index in [1.165, 1.54) is 29.7 Å². The molecule has 2 N–H and O–H groups in total. The molecule has 3 heterocycles. The number of methoxy groups -OCH3 is 1. The molecule has 7 heteroatoms. The van der Waals surface area contributed by atoms with Gasteiger partial charge in [0.05, 0.1) is 18.8 Å². The maximum Gasteiger partial charge on any atom is 0.348 e. The molecule has 2 aromatic heterocycles. The zero-order valence-electron chi connectivity index (χ0n) is 14.7. The van der Waals surface area contributed by atoms with Crippen molar-refractivity contribution in [1.29, 1.82) is 0 Å². The molecule has 0 amide bonds. The summed E-state index contributed by atoms with van der Waals surface area (Å²) >= 11 is 1.52. The molecule has 0 radical (unpaired) electrons. The van der Waals surface area contributed by atoms with E-state index in [0.717, 1.165) is 42.6 Å². The Hall–Kier alpha value is -2.38. The van der Waals surface area contributed by atoms with Crippen molar-refractivity contribution in [1.82, 2.24) is 15.1 Å². The van der Waals surface area contributed by atoms with Gasteiger partial charge in [-0.2, -0.15) is 5.10 Å². The predicted molar refractivity (Wildman–Crippen MR) is 104 cm³/mol. The Balaban J connectivity index is 1.37. The van der Waals surface area contributed by atoms with E-state index in [-0.39, 0.29) is 5.97 Å². The minimum atomic E-state index is -0.255. The SMILES string of the molecule is COC(=O)c1ccc(CN2CCCC(Nc3ccc4[nH]ncc4c3)C2)s1. The zero-order valence-corrected chi connectivity index (χ0v) is 15.5. The Morgan fingerprint density at radius 2 is 2.35 bits per heavy atom. The number of piperidine rings is 1. The van der Waals surface area contributed by atoms with Gasteiger partial charge in [-0.15, -0.1) is 11.3 Å². The van der Waals surface area contributed by atoms with E-state index in [1.54, 1.807) is 0 Å². The molecule has 1 saturated heterocycles. The van der Waals surface area contributed by atoms with Crippen molar-refractivity contribution in [3.8, 4) is 0 Å². The molecule has 0 bridgehead atoms. The van der Waals surface area contributed by atoms with Crippen LogP contribution in [0.5, 0.6) is 0 Å². The topological polar surface area (TPSA) is 70.2 Å². The molecule has 136 valence electrons. The fourth-order valence-electron chi connectivity index (χ4n) is 3.48. The summed E-state index contributed by atoms with van der Waals surface area (Å²) in [5.74, 6) is -0.255. The van der Waals surface area contributed by atoms with Crippen molar-refractivity contribution in [2.24, 2.45) is 0 Å². The van der Waals surface area contributed by atoms with Gasteiger partial charge in [-0.3, -0.25) is 10.00 Å². The van der Waals surface area contributed by atoms with Crippen molar-refractivity contribution in [3.63, 3.8) is 0 Å². The number of hydrogen-bond donors (Lipinski definition) is 2. The highest BCUT2D eigenvalue weighted by Crippen LogP contribution is 2.23. The van der Waals surface area contributed by atoms with Gasteiger partial charge in [-0.25, -0.2) is 4.79 Å². The number of ether oxygens (including phenoxy) is 1. The van der Waals surface area contributed by atoms with Gasteiger partial charge in [-0.1, -0.05) is 0 Å². The van der Waals surface area contributed by atoms with Crippen LogP contribution >= 0.6 is 11.3 Å². The number of H-pyrrole nitrogens is 1. The molecule has 1 aliphatic rings. The number of fused-ring (bicyclic) bond motifs is 1. The van der Waals surface area contributed by atoms with Gasteiger partial charge in [-0.05, 0) is 49.7 Å². The summed E-state index contributed by atoms with van der Waals surface area (Å²) in [4.78, 5) is 15.9. The fraction of sp³-hybridized carbons (Fsp3) is 0.368. The fourth-order valence-corrected chi connectivity index (χ4v) is 4.45. The molecule has 1 aromatic carbocycles. The van der Waals surface area contributed by atoms with Crippen LogP contribution in [0.4, 0.5) is 5.69 Å². The minimum absolute atomic E-state index is 0.255. The van der Waals surface area contributed by atoms with Crippen molar-refractivity contribution in [3.05, 3.63) is 46.3 Å². The van der Waals surface area contributed by atoms with Crippen LogP contribution in [0, 0.1) is 0 Å². The number of benzene rings is 1. The number of anilines is 1. The number of rotatable bonds is 5. The predicted octanol–water partition coefficient (Wildman–Crippen LogP) is 3.49. The highest BCUT2D eigenvalue weighted by atomic mass is 32.1. The average Bonchev–Trinajstić information content (AvgIpc) is 3.30. The lowest BCUT2D eigenvalue weighted by Crippen LogP contribution is -2.41. The monoisotopic (exact) mass is 370 g/mol. The van der Waals surface area contributed by atoms with Crippen molar-refractivity contribution >= 4 is 33.9 Å². The number of nitrogens with zero attached hydrogens (tertiary/aromatic N) is 2. The second-order valence-corrected chi connectivity index (χ2v) is 7.82. The third-order valence-electron chi connectivity index (χ3n) is 4.74. The lowest BCUT2D eigenvalue weighted by molar-refractivity contribution is 0.0606. The first-order valence-electron chi connectivity index (χ1n) is 8.80. The van der Waals surface area contributed by atoms with Crippen molar-refractivity contribution < 1.29 is 9.53 Å². The maximum atomic E-state index is 11.6. The van der Waals surface area contributed by atoms with E-state index >= 15 is 0 Å². The molecule has 0 aliphatic carbocycles. The van der Waals surface area contributed by atoms with Crippen LogP contribution in [0.1, 0.15) is 27.4 Å². The van der Waals surface area contributed by atoms with Crippen LogP contribution in [0.15, 0.2) is 36.5 Å². The third-order valence-corrected chi connectivity index (χ3v) is 5.79. The minimum Gasteiger partial charge on any atom is -0.465 e. The number of carbonyl (C=O) groups is 1. The lowest BCUT2D eigenvalue weighted by Gasteiger charge is -2.33. The van der Waals surface area contributed by atoms with Gasteiger partial charge >= 0.3 is 5.97 Å². The summed E-state index contributed by atoms with van der Waals surface area (Å²) in [5, 5.41) is 11.8. The maximum absolute atomic E-state index is 11.6. The van der Waals surface area contributed by atoms with Crippen molar-refractivity contribution in [2.75, 3.05) is 25.5 Å². The van der Waals surface area contributed by atoms with Gasteiger partial charge in [0.1, 0.15) is 4.88 Å². The normalized spacial score (nSPS) is 18.1. The Morgan fingerprint density at radius 1 is 1.42 bits per heavy atom. The van der Waals surface area contributed by atoms with Crippen LogP contribution in [0.25, 0.3) is 10.9 Å². The Bertz CT molecular complexity index is 904. The number of carbonyl (C=O) groups excluding carboxylic acids is 1. The number of hydrogen-bond acceptors (Lipinski definition) is 6. The zero-order chi connectivity index (χ0) is 17.9. The molecule has 1 unspecified atom stereocenters. The molecule has 6 nitrogen and oxygen atoms in total. The summed E-state index contributed by atoms with van der Waals surface area (Å²) in [6.07, 6.45) is 4.18. The Kier molecular flexibility index (Phi) is 4.90. The number of nitrogens with one attached hydrogen (secondary N) is 2. The molecule has 0 saturated carbocycles. The van der Waals surface area contributed by atoms with Crippen molar-refractivity contribution in [2.45, 2.75) is 25.4 Å². The van der Waals surface area contributed by atoms with Gasteiger partial charge in [0, 0.05) is 35.1 Å². The number of esters is 1. The van der Waals surface area contributed by atoms with Gasteiger partial charge in [0.15, 0.2) is 0 Å². The quantitative estimate of drug-likeness (QED) is 0.673. The molecule has 1 aliphatic heterocycles. The van der Waals surface area contributed by atoms with E-state index in [9.17, 15) is 4.79 Å². The Morgan fingerprint density at radius 3 is 3.23 bits per heavy atom. The first-order valence-corrected chi connectivity index (χ1v) is 9.62.